The summed E-state index contributed by atoms with van der Waals surface area (Å²) >= 11 is 0. The lowest BCUT2D eigenvalue weighted by Gasteiger charge is -2.35. The number of halogens is 1. The number of hydrogen-bond acceptors (Lipinski definition) is 3. The highest BCUT2D eigenvalue weighted by molar-refractivity contribution is 5.93. The number of aryl methyl sites for hydroxylation is 1. The van der Waals surface area contributed by atoms with Crippen molar-refractivity contribution in [1.82, 2.24) is 10.2 Å². The Balaban J connectivity index is 0.00000240. The molecule has 2 aromatic rings. The Bertz CT molecular complexity index is 878. The molecule has 1 atom stereocenters. The number of likely N-dealkylation sites (tertiary alicyclic amines) is 1. The smallest absolute Gasteiger partial charge is 0.240 e. The minimum Gasteiger partial charge on any atom is -0.341 e. The first-order valence-electron chi connectivity index (χ1n) is 10.1. The predicted octanol–water partition coefficient (Wildman–Crippen LogP) is 3.31. The minimum atomic E-state index is -0.160. The van der Waals surface area contributed by atoms with Crippen LogP contribution in [0.1, 0.15) is 29.5 Å². The highest BCUT2D eigenvalue weighted by atomic mass is 35.5. The first kappa shape index (κ1) is 21.3. The van der Waals surface area contributed by atoms with Crippen LogP contribution in [-0.4, -0.2) is 35.8 Å². The number of nitrogens with zero attached hydrogens (tertiary/aromatic N) is 1. The number of carbonyl (C=O) groups excluding carboxylic acids is 2. The molecule has 2 aliphatic rings. The number of nitrogens with one attached hydrogen (secondary N) is 2. The SMILES string of the molecule is Cc1cccc(NC(=O)C2CCN(C(=O)[C@@H]3Cc4ccccc4CN3)CC2)c1.Cl. The zero-order valence-electron chi connectivity index (χ0n) is 16.7. The zero-order valence-corrected chi connectivity index (χ0v) is 17.5. The fourth-order valence-electron chi connectivity index (χ4n) is 4.18. The number of carbonyl (C=O) groups is 2. The lowest BCUT2D eigenvalue weighted by Crippen LogP contribution is -2.52. The number of piperidine rings is 1. The third-order valence-corrected chi connectivity index (χ3v) is 5.84. The molecule has 5 nitrogen and oxygen atoms in total. The van der Waals surface area contributed by atoms with E-state index < -0.39 is 0 Å². The lowest BCUT2D eigenvalue weighted by atomic mass is 9.92. The van der Waals surface area contributed by atoms with E-state index in [2.05, 4.69) is 22.8 Å². The van der Waals surface area contributed by atoms with Crippen LogP contribution in [-0.2, 0) is 22.6 Å². The van der Waals surface area contributed by atoms with E-state index in [0.717, 1.165) is 24.2 Å². The summed E-state index contributed by atoms with van der Waals surface area (Å²) in [6.07, 6.45) is 2.17. The van der Waals surface area contributed by atoms with Gasteiger partial charge in [-0.05, 0) is 55.0 Å². The van der Waals surface area contributed by atoms with Gasteiger partial charge in [0.15, 0.2) is 0 Å². The number of benzene rings is 2. The fraction of sp³-hybridized carbons (Fsp3) is 0.391. The fourth-order valence-corrected chi connectivity index (χ4v) is 4.18. The monoisotopic (exact) mass is 413 g/mol. The van der Waals surface area contributed by atoms with Crippen molar-refractivity contribution in [2.75, 3.05) is 18.4 Å². The van der Waals surface area contributed by atoms with Gasteiger partial charge < -0.3 is 15.5 Å². The van der Waals surface area contributed by atoms with Gasteiger partial charge in [0.05, 0.1) is 6.04 Å². The molecule has 6 heteroatoms. The Hall–Kier alpha value is -2.37. The maximum absolute atomic E-state index is 12.9. The van der Waals surface area contributed by atoms with Crippen LogP contribution in [0, 0.1) is 12.8 Å². The Morgan fingerprint density at radius 2 is 1.76 bits per heavy atom. The number of rotatable bonds is 3. The van der Waals surface area contributed by atoms with Crippen molar-refractivity contribution in [2.24, 2.45) is 5.92 Å². The van der Waals surface area contributed by atoms with E-state index in [9.17, 15) is 9.59 Å². The number of fused-ring (bicyclic) bond motifs is 1. The van der Waals surface area contributed by atoms with Crippen LogP contribution >= 0.6 is 12.4 Å². The summed E-state index contributed by atoms with van der Waals surface area (Å²) in [6, 6.07) is 16.0. The third-order valence-electron chi connectivity index (χ3n) is 5.84. The first-order valence-corrected chi connectivity index (χ1v) is 10.1. The lowest BCUT2D eigenvalue weighted by molar-refractivity contribution is -0.136. The topological polar surface area (TPSA) is 61.4 Å². The number of amides is 2. The molecule has 4 rings (SSSR count). The van der Waals surface area contributed by atoms with Gasteiger partial charge in [0.2, 0.25) is 11.8 Å². The van der Waals surface area contributed by atoms with Crippen molar-refractivity contribution in [1.29, 1.82) is 0 Å². The molecule has 2 N–H and O–H groups in total. The van der Waals surface area contributed by atoms with E-state index in [4.69, 9.17) is 0 Å². The second-order valence-corrected chi connectivity index (χ2v) is 7.86. The van der Waals surface area contributed by atoms with Crippen LogP contribution in [0.5, 0.6) is 0 Å². The molecule has 0 spiro atoms. The van der Waals surface area contributed by atoms with Crippen molar-refractivity contribution in [2.45, 2.75) is 38.8 Å². The molecular weight excluding hydrogens is 386 g/mol. The summed E-state index contributed by atoms with van der Waals surface area (Å²) < 4.78 is 0. The molecule has 2 amide bonds. The average Bonchev–Trinajstić information content (AvgIpc) is 2.73. The second-order valence-electron chi connectivity index (χ2n) is 7.86. The molecule has 0 bridgehead atoms. The maximum Gasteiger partial charge on any atom is 0.240 e. The van der Waals surface area contributed by atoms with Crippen molar-refractivity contribution in [3.63, 3.8) is 0 Å². The van der Waals surface area contributed by atoms with Gasteiger partial charge in [0.1, 0.15) is 0 Å². The zero-order chi connectivity index (χ0) is 19.5. The molecule has 29 heavy (non-hydrogen) atoms. The van der Waals surface area contributed by atoms with Gasteiger partial charge >= 0.3 is 0 Å². The van der Waals surface area contributed by atoms with Gasteiger partial charge in [-0.1, -0.05) is 36.4 Å². The van der Waals surface area contributed by atoms with E-state index in [1.165, 1.54) is 11.1 Å². The van der Waals surface area contributed by atoms with Gasteiger partial charge in [-0.25, -0.2) is 0 Å². The molecule has 2 aromatic carbocycles. The number of hydrogen-bond donors (Lipinski definition) is 2. The van der Waals surface area contributed by atoms with Crippen LogP contribution in [0.15, 0.2) is 48.5 Å². The average molecular weight is 414 g/mol. The van der Waals surface area contributed by atoms with Crippen molar-refractivity contribution >= 4 is 29.9 Å². The Morgan fingerprint density at radius 3 is 2.48 bits per heavy atom. The standard InChI is InChI=1S/C23H27N3O2.ClH/c1-16-5-4-8-20(13-16)25-22(27)17-9-11-26(12-10-17)23(28)21-14-18-6-2-3-7-19(18)15-24-21;/h2-8,13,17,21,24H,9-12,14-15H2,1H3,(H,25,27);1H/t21-;/m0./s1. The van der Waals surface area contributed by atoms with E-state index in [0.29, 0.717) is 25.9 Å². The van der Waals surface area contributed by atoms with Crippen LogP contribution in [0.4, 0.5) is 5.69 Å². The molecular formula is C23H28ClN3O2. The van der Waals surface area contributed by atoms with Crippen LogP contribution < -0.4 is 10.6 Å². The normalized spacial score (nSPS) is 19.1. The predicted molar refractivity (Wildman–Crippen MR) is 117 cm³/mol. The van der Waals surface area contributed by atoms with E-state index in [1.807, 2.05) is 48.2 Å². The summed E-state index contributed by atoms with van der Waals surface area (Å²) in [5.41, 5.74) is 4.50. The van der Waals surface area contributed by atoms with Crippen molar-refractivity contribution in [3.8, 4) is 0 Å². The van der Waals surface area contributed by atoms with Gasteiger partial charge in [0, 0.05) is 31.2 Å². The van der Waals surface area contributed by atoms with Gasteiger partial charge in [-0.15, -0.1) is 12.4 Å². The molecule has 1 saturated heterocycles. The molecule has 0 aliphatic carbocycles. The molecule has 1 fully saturated rings. The van der Waals surface area contributed by atoms with Crippen molar-refractivity contribution in [3.05, 3.63) is 65.2 Å². The minimum absolute atomic E-state index is 0. The summed E-state index contributed by atoms with van der Waals surface area (Å²) in [7, 11) is 0. The summed E-state index contributed by atoms with van der Waals surface area (Å²) in [5, 5.41) is 6.39. The highest BCUT2D eigenvalue weighted by Crippen LogP contribution is 2.23. The number of anilines is 1. The Labute approximate surface area is 178 Å². The van der Waals surface area contributed by atoms with Crippen LogP contribution in [0.25, 0.3) is 0 Å². The summed E-state index contributed by atoms with van der Waals surface area (Å²) in [5.74, 6) is 0.180. The molecule has 0 aromatic heterocycles. The molecule has 0 unspecified atom stereocenters. The summed E-state index contributed by atoms with van der Waals surface area (Å²) in [4.78, 5) is 27.4. The Morgan fingerprint density at radius 1 is 1.03 bits per heavy atom. The van der Waals surface area contributed by atoms with Gasteiger partial charge in [-0.2, -0.15) is 0 Å². The molecule has 0 radical (unpaired) electrons. The quantitative estimate of drug-likeness (QED) is 0.811. The molecule has 2 heterocycles. The second kappa shape index (κ2) is 9.42. The molecule has 2 aliphatic heterocycles. The van der Waals surface area contributed by atoms with E-state index >= 15 is 0 Å². The van der Waals surface area contributed by atoms with Gasteiger partial charge in [0.25, 0.3) is 0 Å². The van der Waals surface area contributed by atoms with Crippen molar-refractivity contribution < 1.29 is 9.59 Å². The summed E-state index contributed by atoms with van der Waals surface area (Å²) in [6.45, 7) is 4.04. The largest absolute Gasteiger partial charge is 0.341 e. The Kier molecular flexibility index (Phi) is 6.93. The van der Waals surface area contributed by atoms with Gasteiger partial charge in [-0.3, -0.25) is 9.59 Å². The van der Waals surface area contributed by atoms with Crippen LogP contribution in [0.3, 0.4) is 0 Å². The molecule has 0 saturated carbocycles. The van der Waals surface area contributed by atoms with E-state index in [-0.39, 0.29) is 36.2 Å². The maximum atomic E-state index is 12.9. The molecule has 154 valence electrons. The third kappa shape index (κ3) is 4.98. The van der Waals surface area contributed by atoms with E-state index in [1.54, 1.807) is 0 Å². The first-order chi connectivity index (χ1) is 13.6. The van der Waals surface area contributed by atoms with Crippen LogP contribution in [0.2, 0.25) is 0 Å². The highest BCUT2D eigenvalue weighted by Gasteiger charge is 2.32.